The van der Waals surface area contributed by atoms with Crippen molar-refractivity contribution in [1.82, 2.24) is 10.6 Å². The van der Waals surface area contributed by atoms with Crippen LogP contribution in [0.1, 0.15) is 91.9 Å². The molecule has 0 aromatic carbocycles. The van der Waals surface area contributed by atoms with E-state index in [1.165, 1.54) is 5.57 Å². The first kappa shape index (κ1) is 28.9. The van der Waals surface area contributed by atoms with E-state index in [0.29, 0.717) is 19.6 Å². The van der Waals surface area contributed by atoms with Gasteiger partial charge in [0.1, 0.15) is 23.4 Å². The van der Waals surface area contributed by atoms with E-state index in [9.17, 15) is 9.59 Å². The molecule has 3 fully saturated rings. The van der Waals surface area contributed by atoms with Crippen LogP contribution in [0.15, 0.2) is 11.6 Å². The third-order valence-corrected chi connectivity index (χ3v) is 7.95. The zero-order chi connectivity index (χ0) is 26.2. The minimum absolute atomic E-state index is 0.0274. The fourth-order valence-corrected chi connectivity index (χ4v) is 5.70. The van der Waals surface area contributed by atoms with E-state index in [0.717, 1.165) is 64.3 Å². The van der Waals surface area contributed by atoms with Gasteiger partial charge in [0, 0.05) is 26.6 Å². The molecule has 2 amide bonds. The molecule has 1 spiro atoms. The second-order valence-corrected chi connectivity index (χ2v) is 11.1. The molecule has 2 N–H and O–H groups in total. The third-order valence-electron chi connectivity index (χ3n) is 7.95. The molecular formula is C28H48N2O6. The van der Waals surface area contributed by atoms with Crippen LogP contribution in [0, 0.1) is 5.92 Å². The molecule has 8 heteroatoms. The molecular weight excluding hydrogens is 460 g/mol. The summed E-state index contributed by atoms with van der Waals surface area (Å²) in [5.41, 5.74) is 0.724. The van der Waals surface area contributed by atoms with E-state index in [-0.39, 0.29) is 47.4 Å². The van der Waals surface area contributed by atoms with Gasteiger partial charge >= 0.3 is 6.09 Å². The number of unbranched alkanes of at least 4 members (excludes halogenated alkanes) is 4. The van der Waals surface area contributed by atoms with Gasteiger partial charge in [0.15, 0.2) is 0 Å². The number of carbonyl (C=O) groups is 2. The monoisotopic (exact) mass is 508 g/mol. The maximum Gasteiger partial charge on any atom is 0.407 e. The quantitative estimate of drug-likeness (QED) is 0.190. The summed E-state index contributed by atoms with van der Waals surface area (Å²) in [5, 5.41) is 5.86. The van der Waals surface area contributed by atoms with Crippen LogP contribution in [0.25, 0.3) is 0 Å². The van der Waals surface area contributed by atoms with Crippen LogP contribution in [0.4, 0.5) is 4.79 Å². The Morgan fingerprint density at radius 2 is 1.78 bits per heavy atom. The van der Waals surface area contributed by atoms with Gasteiger partial charge in [-0.15, -0.1) is 0 Å². The Labute approximate surface area is 217 Å². The van der Waals surface area contributed by atoms with Gasteiger partial charge in [0.05, 0.1) is 18.6 Å². The zero-order valence-corrected chi connectivity index (χ0v) is 23.0. The average molecular weight is 509 g/mol. The molecule has 0 radical (unpaired) electrons. The van der Waals surface area contributed by atoms with Crippen molar-refractivity contribution in [3.05, 3.63) is 11.6 Å². The Morgan fingerprint density at radius 1 is 1.08 bits per heavy atom. The van der Waals surface area contributed by atoms with E-state index in [1.807, 2.05) is 0 Å². The minimum Gasteiger partial charge on any atom is -0.443 e. The van der Waals surface area contributed by atoms with Crippen molar-refractivity contribution >= 4 is 12.0 Å². The number of ether oxygens (including phenoxy) is 4. The van der Waals surface area contributed by atoms with Crippen molar-refractivity contribution in [2.24, 2.45) is 5.92 Å². The van der Waals surface area contributed by atoms with Crippen LogP contribution in [-0.4, -0.2) is 68.3 Å². The second-order valence-electron chi connectivity index (χ2n) is 11.1. The van der Waals surface area contributed by atoms with Gasteiger partial charge in [-0.05, 0) is 59.3 Å². The number of epoxide rings is 2. The van der Waals surface area contributed by atoms with E-state index in [2.05, 4.69) is 44.4 Å². The normalized spacial score (nSPS) is 32.6. The lowest BCUT2D eigenvalue weighted by Crippen LogP contribution is -2.56. The first-order valence-corrected chi connectivity index (χ1v) is 13.9. The first-order valence-electron chi connectivity index (χ1n) is 13.9. The Kier molecular flexibility index (Phi) is 10.6. The molecule has 2 aliphatic heterocycles. The number of hydrogen-bond acceptors (Lipinski definition) is 6. The zero-order valence-electron chi connectivity index (χ0n) is 23.0. The summed E-state index contributed by atoms with van der Waals surface area (Å²) in [6.45, 7) is 10.4. The van der Waals surface area contributed by atoms with Crippen molar-refractivity contribution in [2.75, 3.05) is 26.8 Å². The van der Waals surface area contributed by atoms with Gasteiger partial charge in [-0.25, -0.2) is 4.79 Å². The smallest absolute Gasteiger partial charge is 0.407 e. The number of methoxy groups -OCH3 is 1. The van der Waals surface area contributed by atoms with E-state index < -0.39 is 0 Å². The standard InChI is InChI=1S/C28H48N2O6/c1-6-7-12-23(31)29-17-10-8-9-11-18-30-26(32)35-21-15-16-28(19-34-28)25(24(21)33-5)27(4)22(36-27)14-13-20(2)3/h13,21-22,24-25H,6-12,14-19H2,1-5H3,(H,29,31)(H,30,32)/t21?,22-,24?,25?,27+,28+/m1/s1. The van der Waals surface area contributed by atoms with E-state index in [4.69, 9.17) is 18.9 Å². The number of alkyl carbamates (subject to hydrolysis) is 1. The average Bonchev–Trinajstić information content (AvgIpc) is 3.76. The summed E-state index contributed by atoms with van der Waals surface area (Å²) in [4.78, 5) is 24.2. The van der Waals surface area contributed by atoms with Crippen LogP contribution in [0.3, 0.4) is 0 Å². The van der Waals surface area contributed by atoms with Crippen LogP contribution < -0.4 is 10.6 Å². The van der Waals surface area contributed by atoms with Gasteiger partial charge in [0.25, 0.3) is 0 Å². The Balaban J connectivity index is 1.37. The van der Waals surface area contributed by atoms with Gasteiger partial charge < -0.3 is 29.6 Å². The molecule has 0 aromatic heterocycles. The van der Waals surface area contributed by atoms with Crippen molar-refractivity contribution in [3.63, 3.8) is 0 Å². The highest BCUT2D eigenvalue weighted by Gasteiger charge is 2.72. The number of carbonyl (C=O) groups excluding carboxylic acids is 2. The molecule has 0 aromatic rings. The predicted octanol–water partition coefficient (Wildman–Crippen LogP) is 4.66. The SMILES string of the molecule is CCCCC(=O)NCCCCCCNC(=O)OC1CC[C@]2(CO2)C([C@@]2(C)O[C@@H]2CC=C(C)C)C1OC. The first-order chi connectivity index (χ1) is 17.3. The van der Waals surface area contributed by atoms with Crippen molar-refractivity contribution in [2.45, 2.75) is 121 Å². The Hall–Kier alpha value is -1.64. The molecule has 3 aliphatic rings. The molecule has 3 rings (SSSR count). The fraction of sp³-hybridized carbons (Fsp3) is 0.857. The highest BCUT2D eigenvalue weighted by molar-refractivity contribution is 5.75. The molecule has 2 heterocycles. The number of nitrogens with one attached hydrogen (secondary N) is 2. The number of amides is 2. The molecule has 6 atom stereocenters. The summed E-state index contributed by atoms with van der Waals surface area (Å²) in [6, 6.07) is 0. The largest absolute Gasteiger partial charge is 0.443 e. The lowest BCUT2D eigenvalue weighted by Gasteiger charge is -2.42. The minimum atomic E-state index is -0.389. The van der Waals surface area contributed by atoms with Gasteiger partial charge in [-0.3, -0.25) is 4.79 Å². The van der Waals surface area contributed by atoms with Gasteiger partial charge in [0.2, 0.25) is 5.91 Å². The topological polar surface area (TPSA) is 102 Å². The molecule has 2 saturated heterocycles. The number of hydrogen-bond donors (Lipinski definition) is 2. The third kappa shape index (κ3) is 7.68. The van der Waals surface area contributed by atoms with Gasteiger partial charge in [-0.2, -0.15) is 0 Å². The highest BCUT2D eigenvalue weighted by atomic mass is 16.6. The van der Waals surface area contributed by atoms with Crippen molar-refractivity contribution < 1.29 is 28.5 Å². The predicted molar refractivity (Wildman–Crippen MR) is 139 cm³/mol. The number of allylic oxidation sites excluding steroid dienone is 1. The fourth-order valence-electron chi connectivity index (χ4n) is 5.70. The van der Waals surface area contributed by atoms with Crippen LogP contribution >= 0.6 is 0 Å². The van der Waals surface area contributed by atoms with Gasteiger partial charge in [-0.1, -0.05) is 37.8 Å². The summed E-state index contributed by atoms with van der Waals surface area (Å²) < 4.78 is 24.0. The molecule has 36 heavy (non-hydrogen) atoms. The molecule has 1 saturated carbocycles. The second kappa shape index (κ2) is 13.2. The van der Waals surface area contributed by atoms with Crippen LogP contribution in [0.2, 0.25) is 0 Å². The maximum atomic E-state index is 12.6. The van der Waals surface area contributed by atoms with Crippen molar-refractivity contribution in [1.29, 1.82) is 0 Å². The summed E-state index contributed by atoms with van der Waals surface area (Å²) in [7, 11) is 1.69. The lowest BCUT2D eigenvalue weighted by atomic mass is 9.68. The summed E-state index contributed by atoms with van der Waals surface area (Å²) in [6.07, 6.45) is 10.3. The van der Waals surface area contributed by atoms with Crippen LogP contribution in [0.5, 0.6) is 0 Å². The van der Waals surface area contributed by atoms with E-state index in [1.54, 1.807) is 7.11 Å². The number of rotatable bonds is 15. The highest BCUT2D eigenvalue weighted by Crippen LogP contribution is 2.59. The maximum absolute atomic E-state index is 12.6. The molecule has 8 nitrogen and oxygen atoms in total. The Morgan fingerprint density at radius 3 is 2.39 bits per heavy atom. The lowest BCUT2D eigenvalue weighted by molar-refractivity contribution is -0.121. The summed E-state index contributed by atoms with van der Waals surface area (Å²) in [5.74, 6) is 0.171. The van der Waals surface area contributed by atoms with Crippen LogP contribution in [-0.2, 0) is 23.7 Å². The Bertz CT molecular complexity index is 763. The molecule has 206 valence electrons. The summed E-state index contributed by atoms with van der Waals surface area (Å²) >= 11 is 0. The molecule has 3 unspecified atom stereocenters. The van der Waals surface area contributed by atoms with E-state index >= 15 is 0 Å². The molecule has 0 bridgehead atoms. The molecule has 1 aliphatic carbocycles. The van der Waals surface area contributed by atoms with Crippen molar-refractivity contribution in [3.8, 4) is 0 Å².